The molecule has 3 nitrogen and oxygen atoms in total. The molecule has 0 bridgehead atoms. The molecule has 0 fully saturated rings. The van der Waals surface area contributed by atoms with E-state index in [9.17, 15) is 4.79 Å². The van der Waals surface area contributed by atoms with Gasteiger partial charge in [-0.05, 0) is 31.9 Å². The van der Waals surface area contributed by atoms with E-state index in [0.717, 1.165) is 13.0 Å². The Kier molecular flexibility index (Phi) is 6.57. The average Bonchev–Trinajstić information content (AvgIpc) is 2.41. The molecule has 0 aromatic heterocycles. The summed E-state index contributed by atoms with van der Waals surface area (Å²) < 4.78 is 0. The van der Waals surface area contributed by atoms with Gasteiger partial charge < -0.3 is 10.6 Å². The Hall–Kier alpha value is -1.35. The number of carbonyl (C=O) groups is 1. The summed E-state index contributed by atoms with van der Waals surface area (Å²) in [6.45, 7) is 8.21. The van der Waals surface area contributed by atoms with Crippen LogP contribution in [0.1, 0.15) is 37.8 Å². The Morgan fingerprint density at radius 2 is 2.11 bits per heavy atom. The maximum absolute atomic E-state index is 12.3. The van der Waals surface area contributed by atoms with E-state index in [2.05, 4.69) is 32.0 Å². The van der Waals surface area contributed by atoms with Crippen LogP contribution in [0, 0.1) is 12.8 Å². The van der Waals surface area contributed by atoms with Crippen LogP contribution >= 0.6 is 0 Å². The highest BCUT2D eigenvalue weighted by molar-refractivity contribution is 5.76. The molecule has 1 aromatic rings. The number of hydrogen-bond donors (Lipinski definition) is 1. The van der Waals surface area contributed by atoms with Crippen LogP contribution in [0.3, 0.4) is 0 Å². The van der Waals surface area contributed by atoms with Gasteiger partial charge >= 0.3 is 0 Å². The van der Waals surface area contributed by atoms with Crippen molar-refractivity contribution in [1.29, 1.82) is 0 Å². The monoisotopic (exact) mass is 262 g/mol. The van der Waals surface area contributed by atoms with Crippen LogP contribution in [0.15, 0.2) is 24.3 Å². The fourth-order valence-corrected chi connectivity index (χ4v) is 2.18. The van der Waals surface area contributed by atoms with Crippen molar-refractivity contribution in [1.82, 2.24) is 4.90 Å². The molecule has 106 valence electrons. The topological polar surface area (TPSA) is 46.3 Å². The lowest BCUT2D eigenvalue weighted by atomic mass is 10.0. The van der Waals surface area contributed by atoms with Crippen molar-refractivity contribution < 1.29 is 4.79 Å². The van der Waals surface area contributed by atoms with Gasteiger partial charge in [-0.15, -0.1) is 0 Å². The lowest BCUT2D eigenvalue weighted by Crippen LogP contribution is -2.33. The molecule has 19 heavy (non-hydrogen) atoms. The average molecular weight is 262 g/mol. The van der Waals surface area contributed by atoms with E-state index in [1.165, 1.54) is 11.1 Å². The van der Waals surface area contributed by atoms with Gasteiger partial charge in [-0.1, -0.05) is 43.2 Å². The number of carbonyl (C=O) groups excluding carboxylic acids is 1. The zero-order valence-electron chi connectivity index (χ0n) is 12.4. The van der Waals surface area contributed by atoms with Gasteiger partial charge in [0.2, 0.25) is 5.91 Å². The number of nitrogens with zero attached hydrogens (tertiary/aromatic N) is 1. The number of rotatable bonds is 7. The van der Waals surface area contributed by atoms with Gasteiger partial charge in [-0.25, -0.2) is 0 Å². The Morgan fingerprint density at radius 1 is 1.37 bits per heavy atom. The molecule has 0 aliphatic carbocycles. The molecule has 1 atom stereocenters. The first-order valence-electron chi connectivity index (χ1n) is 7.14. The molecule has 1 rings (SSSR count). The van der Waals surface area contributed by atoms with Crippen LogP contribution in [0.25, 0.3) is 0 Å². The summed E-state index contributed by atoms with van der Waals surface area (Å²) in [5.74, 6) is 0.514. The largest absolute Gasteiger partial charge is 0.339 e. The SMILES string of the molecule is CCC(CN)CC(=O)N(CC)Cc1cccc(C)c1. The quantitative estimate of drug-likeness (QED) is 0.821. The maximum Gasteiger partial charge on any atom is 0.223 e. The summed E-state index contributed by atoms with van der Waals surface area (Å²) in [4.78, 5) is 14.2. The molecule has 0 saturated heterocycles. The summed E-state index contributed by atoms with van der Waals surface area (Å²) in [5.41, 5.74) is 8.10. The van der Waals surface area contributed by atoms with E-state index in [1.54, 1.807) is 0 Å². The van der Waals surface area contributed by atoms with E-state index in [4.69, 9.17) is 5.73 Å². The van der Waals surface area contributed by atoms with Gasteiger partial charge in [0.15, 0.2) is 0 Å². The van der Waals surface area contributed by atoms with E-state index in [-0.39, 0.29) is 5.91 Å². The molecule has 0 saturated carbocycles. The van der Waals surface area contributed by atoms with E-state index >= 15 is 0 Å². The maximum atomic E-state index is 12.3. The number of amides is 1. The van der Waals surface area contributed by atoms with Crippen molar-refractivity contribution in [2.24, 2.45) is 11.7 Å². The highest BCUT2D eigenvalue weighted by atomic mass is 16.2. The highest BCUT2D eigenvalue weighted by Gasteiger charge is 2.16. The number of aryl methyl sites for hydroxylation is 1. The first-order valence-corrected chi connectivity index (χ1v) is 7.14. The van der Waals surface area contributed by atoms with Crippen molar-refractivity contribution in [3.05, 3.63) is 35.4 Å². The van der Waals surface area contributed by atoms with Crippen molar-refractivity contribution in [3.63, 3.8) is 0 Å². The third-order valence-corrected chi connectivity index (χ3v) is 3.56. The molecule has 1 aromatic carbocycles. The van der Waals surface area contributed by atoms with Gasteiger partial charge in [0, 0.05) is 19.5 Å². The summed E-state index contributed by atoms with van der Waals surface area (Å²) in [6.07, 6.45) is 1.52. The van der Waals surface area contributed by atoms with Gasteiger partial charge in [0.25, 0.3) is 0 Å². The number of nitrogens with two attached hydrogens (primary N) is 1. The Bertz CT molecular complexity index is 399. The normalized spacial score (nSPS) is 12.2. The predicted octanol–water partition coefficient (Wildman–Crippen LogP) is 2.72. The molecule has 0 radical (unpaired) electrons. The lowest BCUT2D eigenvalue weighted by Gasteiger charge is -2.23. The second-order valence-electron chi connectivity index (χ2n) is 5.11. The summed E-state index contributed by atoms with van der Waals surface area (Å²) in [5, 5.41) is 0. The summed E-state index contributed by atoms with van der Waals surface area (Å²) >= 11 is 0. The van der Waals surface area contributed by atoms with Gasteiger partial charge in [-0.3, -0.25) is 4.79 Å². The minimum absolute atomic E-state index is 0.210. The third-order valence-electron chi connectivity index (χ3n) is 3.56. The molecule has 2 N–H and O–H groups in total. The second-order valence-corrected chi connectivity index (χ2v) is 5.11. The molecule has 0 aliphatic heterocycles. The first-order chi connectivity index (χ1) is 9.10. The van der Waals surface area contributed by atoms with Crippen LogP contribution in [0.2, 0.25) is 0 Å². The molecule has 1 amide bonds. The number of benzene rings is 1. The van der Waals surface area contributed by atoms with Crippen molar-refractivity contribution in [3.8, 4) is 0 Å². The number of hydrogen-bond acceptors (Lipinski definition) is 2. The Balaban J connectivity index is 2.64. The van der Waals surface area contributed by atoms with Crippen LogP contribution in [-0.2, 0) is 11.3 Å². The van der Waals surface area contributed by atoms with Gasteiger partial charge in [-0.2, -0.15) is 0 Å². The molecule has 1 unspecified atom stereocenters. The van der Waals surface area contributed by atoms with Crippen molar-refractivity contribution in [2.75, 3.05) is 13.1 Å². The molecular formula is C16H26N2O. The van der Waals surface area contributed by atoms with Crippen LogP contribution in [-0.4, -0.2) is 23.9 Å². The predicted molar refractivity (Wildman–Crippen MR) is 79.7 cm³/mol. The minimum atomic E-state index is 0.210. The molecular weight excluding hydrogens is 236 g/mol. The first kappa shape index (κ1) is 15.7. The second kappa shape index (κ2) is 7.95. The van der Waals surface area contributed by atoms with Gasteiger partial charge in [0.05, 0.1) is 0 Å². The van der Waals surface area contributed by atoms with E-state index in [1.807, 2.05) is 17.9 Å². The van der Waals surface area contributed by atoms with Crippen molar-refractivity contribution in [2.45, 2.75) is 40.2 Å². The van der Waals surface area contributed by atoms with Crippen LogP contribution < -0.4 is 5.73 Å². The standard InChI is InChI=1S/C16H26N2O/c1-4-14(11-17)10-16(19)18(5-2)12-15-8-6-7-13(3)9-15/h6-9,14H,4-5,10-12,17H2,1-3H3. The zero-order valence-corrected chi connectivity index (χ0v) is 12.4. The van der Waals surface area contributed by atoms with Crippen LogP contribution in [0.4, 0.5) is 0 Å². The molecule has 3 heteroatoms. The molecule has 0 spiro atoms. The Morgan fingerprint density at radius 3 is 2.63 bits per heavy atom. The fraction of sp³-hybridized carbons (Fsp3) is 0.562. The highest BCUT2D eigenvalue weighted by Crippen LogP contribution is 2.12. The lowest BCUT2D eigenvalue weighted by molar-refractivity contribution is -0.132. The third kappa shape index (κ3) is 5.03. The summed E-state index contributed by atoms with van der Waals surface area (Å²) in [7, 11) is 0. The van der Waals surface area contributed by atoms with Crippen LogP contribution in [0.5, 0.6) is 0 Å². The van der Waals surface area contributed by atoms with E-state index < -0.39 is 0 Å². The molecule has 0 aliphatic rings. The summed E-state index contributed by atoms with van der Waals surface area (Å²) in [6, 6.07) is 8.32. The smallest absolute Gasteiger partial charge is 0.223 e. The van der Waals surface area contributed by atoms with Crippen molar-refractivity contribution >= 4 is 5.91 Å². The molecule has 0 heterocycles. The van der Waals surface area contributed by atoms with E-state index in [0.29, 0.717) is 25.4 Å². The Labute approximate surface area is 116 Å². The zero-order chi connectivity index (χ0) is 14.3. The fourth-order valence-electron chi connectivity index (χ4n) is 2.18. The van der Waals surface area contributed by atoms with Gasteiger partial charge in [0.1, 0.15) is 0 Å². The minimum Gasteiger partial charge on any atom is -0.339 e.